The number of ether oxygens (including phenoxy) is 3. The molecule has 2 saturated heterocycles. The van der Waals surface area contributed by atoms with Crippen molar-refractivity contribution in [1.82, 2.24) is 10.2 Å². The van der Waals surface area contributed by atoms with Gasteiger partial charge in [0.15, 0.2) is 0 Å². The molecule has 6 atom stereocenters. The summed E-state index contributed by atoms with van der Waals surface area (Å²) in [6.07, 6.45) is 9.33. The van der Waals surface area contributed by atoms with Gasteiger partial charge in [0.25, 0.3) is 5.91 Å². The number of unbranched alkanes of at least 4 members (excludes halogenated alkanes) is 3. The lowest BCUT2D eigenvalue weighted by molar-refractivity contribution is -0.158. The van der Waals surface area contributed by atoms with Crippen LogP contribution in [0, 0.1) is 11.8 Å². The predicted octanol–water partition coefficient (Wildman–Crippen LogP) is 2.13. The Bertz CT molecular complexity index is 1260. The third-order valence-corrected chi connectivity index (χ3v) is 8.73. The van der Waals surface area contributed by atoms with Gasteiger partial charge in [-0.3, -0.25) is 19.2 Å². The highest BCUT2D eigenvalue weighted by molar-refractivity contribution is 6.05. The van der Waals surface area contributed by atoms with E-state index < -0.39 is 41.7 Å². The van der Waals surface area contributed by atoms with Gasteiger partial charge in [0.05, 0.1) is 25.7 Å². The Morgan fingerprint density at radius 3 is 2.56 bits per heavy atom. The van der Waals surface area contributed by atoms with E-state index >= 15 is 0 Å². The first kappa shape index (κ1) is 30.7. The van der Waals surface area contributed by atoms with Crippen molar-refractivity contribution in [3.63, 3.8) is 0 Å². The van der Waals surface area contributed by atoms with E-state index in [-0.39, 0.29) is 43.8 Å². The first-order chi connectivity index (χ1) is 20.8. The summed E-state index contributed by atoms with van der Waals surface area (Å²) in [6.45, 7) is 2.54. The SMILES string of the molecule is COc1ccc(N2CC=C[C@@]34O[C@H]5/C=C\CCC(=O)NC[C@H](C)OC(=O)[C@H]5[C@@H]3C(=O)N(CCCCCCO)[C@H]4C2=O)cc1. The molecule has 0 saturated carbocycles. The van der Waals surface area contributed by atoms with Crippen LogP contribution in [0.5, 0.6) is 5.75 Å². The van der Waals surface area contributed by atoms with Crippen molar-refractivity contribution in [2.75, 3.05) is 38.3 Å². The minimum absolute atomic E-state index is 0.102. The molecule has 11 nitrogen and oxygen atoms in total. The lowest BCUT2D eigenvalue weighted by Crippen LogP contribution is -2.55. The van der Waals surface area contributed by atoms with E-state index in [0.29, 0.717) is 37.2 Å². The molecule has 2 fully saturated rings. The largest absolute Gasteiger partial charge is 0.497 e. The summed E-state index contributed by atoms with van der Waals surface area (Å²) in [6, 6.07) is 6.17. The number of aliphatic hydroxyl groups excluding tert-OH is 1. The van der Waals surface area contributed by atoms with Gasteiger partial charge < -0.3 is 34.4 Å². The number of benzene rings is 1. The van der Waals surface area contributed by atoms with Crippen molar-refractivity contribution in [1.29, 1.82) is 0 Å². The number of hydrogen-bond acceptors (Lipinski definition) is 8. The lowest BCUT2D eigenvalue weighted by atomic mass is 9.78. The highest BCUT2D eigenvalue weighted by atomic mass is 16.6. The molecule has 0 unspecified atom stereocenters. The van der Waals surface area contributed by atoms with Crippen LogP contribution in [0.4, 0.5) is 5.69 Å². The Balaban J connectivity index is 1.53. The smallest absolute Gasteiger partial charge is 0.313 e. The maximum absolute atomic E-state index is 14.5. The highest BCUT2D eigenvalue weighted by Crippen LogP contribution is 2.53. The predicted molar refractivity (Wildman–Crippen MR) is 157 cm³/mol. The minimum atomic E-state index is -1.38. The van der Waals surface area contributed by atoms with Crippen LogP contribution in [-0.2, 0) is 28.7 Å². The van der Waals surface area contributed by atoms with E-state index in [1.54, 1.807) is 66.3 Å². The van der Waals surface area contributed by atoms with E-state index in [1.165, 1.54) is 0 Å². The zero-order chi connectivity index (χ0) is 30.6. The zero-order valence-corrected chi connectivity index (χ0v) is 24.8. The van der Waals surface area contributed by atoms with Crippen LogP contribution >= 0.6 is 0 Å². The van der Waals surface area contributed by atoms with Gasteiger partial charge in [-0.15, -0.1) is 0 Å². The fourth-order valence-corrected chi connectivity index (χ4v) is 6.64. The standard InChI is InChI=1S/C32H41N3O8/c1-21-20-33-25(37)11-6-5-10-24-26(31(40)42-21)27-29(38)35(17-7-3-4-8-19-36)28-30(39)34(18-9-16-32(27,28)43-24)22-12-14-23(41-2)15-13-22/h5,9-10,12-16,21,24,26-28,36H,3-4,6-8,11,17-20H2,1-2H3,(H,33,37)/b10-5-/t21-,24-,26+,27+,28-,32+/m0/s1. The number of hydrogen-bond donors (Lipinski definition) is 2. The van der Waals surface area contributed by atoms with Gasteiger partial charge >= 0.3 is 5.97 Å². The quantitative estimate of drug-likeness (QED) is 0.265. The molecule has 1 aromatic rings. The lowest BCUT2D eigenvalue weighted by Gasteiger charge is -2.35. The maximum Gasteiger partial charge on any atom is 0.313 e. The van der Waals surface area contributed by atoms with Crippen LogP contribution in [-0.4, -0.2) is 90.9 Å². The second-order valence-electron chi connectivity index (χ2n) is 11.6. The molecule has 4 aliphatic rings. The van der Waals surface area contributed by atoms with E-state index in [4.69, 9.17) is 14.2 Å². The van der Waals surface area contributed by atoms with Crippen LogP contribution in [0.15, 0.2) is 48.6 Å². The molecule has 2 N–H and O–H groups in total. The van der Waals surface area contributed by atoms with Crippen molar-refractivity contribution in [2.24, 2.45) is 11.8 Å². The van der Waals surface area contributed by atoms with E-state index in [1.807, 2.05) is 6.08 Å². The maximum atomic E-state index is 14.5. The molecule has 0 bridgehead atoms. The summed E-state index contributed by atoms with van der Waals surface area (Å²) in [4.78, 5) is 57.9. The average molecular weight is 596 g/mol. The second-order valence-corrected chi connectivity index (χ2v) is 11.6. The summed E-state index contributed by atoms with van der Waals surface area (Å²) < 4.78 is 17.7. The van der Waals surface area contributed by atoms with Crippen molar-refractivity contribution in [3.05, 3.63) is 48.6 Å². The summed E-state index contributed by atoms with van der Waals surface area (Å²) >= 11 is 0. The number of esters is 1. The van der Waals surface area contributed by atoms with Gasteiger partial charge in [-0.25, -0.2) is 0 Å². The summed E-state index contributed by atoms with van der Waals surface area (Å²) in [7, 11) is 1.57. The van der Waals surface area contributed by atoms with Crippen LogP contribution in [0.1, 0.15) is 45.4 Å². The molecule has 1 spiro atoms. The topological polar surface area (TPSA) is 135 Å². The number of amides is 3. The number of cyclic esters (lactones) is 1. The monoisotopic (exact) mass is 595 g/mol. The number of carbonyl (C=O) groups is 4. The van der Waals surface area contributed by atoms with Gasteiger partial charge in [0.1, 0.15) is 29.4 Å². The molecular weight excluding hydrogens is 554 g/mol. The van der Waals surface area contributed by atoms with Gasteiger partial charge in [-0.05, 0) is 50.5 Å². The summed E-state index contributed by atoms with van der Waals surface area (Å²) in [5.41, 5.74) is -0.725. The molecule has 0 aliphatic carbocycles. The summed E-state index contributed by atoms with van der Waals surface area (Å²) in [5.74, 6) is -2.61. The van der Waals surface area contributed by atoms with Crippen LogP contribution in [0.2, 0.25) is 0 Å². The molecule has 5 rings (SSSR count). The molecule has 4 aliphatic heterocycles. The number of fused-ring (bicyclic) bond motifs is 2. The van der Waals surface area contributed by atoms with E-state index in [2.05, 4.69) is 5.32 Å². The Hall–Kier alpha value is -3.70. The Kier molecular flexibility index (Phi) is 9.51. The highest BCUT2D eigenvalue weighted by Gasteiger charge is 2.71. The van der Waals surface area contributed by atoms with Gasteiger partial charge in [0.2, 0.25) is 11.8 Å². The average Bonchev–Trinajstić information content (AvgIpc) is 3.38. The van der Waals surface area contributed by atoms with E-state index in [0.717, 1.165) is 12.8 Å². The molecule has 232 valence electrons. The number of anilines is 1. The van der Waals surface area contributed by atoms with Crippen molar-refractivity contribution < 1.29 is 38.5 Å². The first-order valence-corrected chi connectivity index (χ1v) is 15.2. The van der Waals surface area contributed by atoms with Gasteiger partial charge in [-0.1, -0.05) is 37.1 Å². The van der Waals surface area contributed by atoms with Gasteiger partial charge in [-0.2, -0.15) is 0 Å². The van der Waals surface area contributed by atoms with Crippen molar-refractivity contribution >= 4 is 29.4 Å². The van der Waals surface area contributed by atoms with Gasteiger partial charge in [0, 0.05) is 31.8 Å². The third-order valence-electron chi connectivity index (χ3n) is 8.73. The number of allylic oxidation sites excluding steroid dienone is 1. The molecule has 1 aromatic carbocycles. The van der Waals surface area contributed by atoms with Crippen LogP contribution in [0.3, 0.4) is 0 Å². The Morgan fingerprint density at radius 2 is 1.81 bits per heavy atom. The molecule has 0 radical (unpaired) electrons. The van der Waals surface area contributed by atoms with Crippen molar-refractivity contribution in [3.8, 4) is 5.75 Å². The normalized spacial score (nSPS) is 31.7. The second kappa shape index (κ2) is 13.3. The molecule has 3 amide bonds. The number of nitrogens with one attached hydrogen (secondary N) is 1. The van der Waals surface area contributed by atoms with Crippen LogP contribution in [0.25, 0.3) is 0 Å². The van der Waals surface area contributed by atoms with E-state index in [9.17, 15) is 24.3 Å². The zero-order valence-electron chi connectivity index (χ0n) is 24.8. The Labute approximate surface area is 251 Å². The third kappa shape index (κ3) is 6.05. The van der Waals surface area contributed by atoms with Crippen molar-refractivity contribution in [2.45, 2.75) is 69.3 Å². The molecular formula is C32H41N3O8. The number of rotatable bonds is 8. The number of methoxy groups -OCH3 is 1. The first-order valence-electron chi connectivity index (χ1n) is 15.2. The molecule has 43 heavy (non-hydrogen) atoms. The molecule has 0 aromatic heterocycles. The number of carbonyl (C=O) groups excluding carboxylic acids is 4. The number of likely N-dealkylation sites (tertiary alicyclic amines) is 1. The Morgan fingerprint density at radius 1 is 1.05 bits per heavy atom. The minimum Gasteiger partial charge on any atom is -0.497 e. The number of aliphatic hydroxyl groups is 1. The summed E-state index contributed by atoms with van der Waals surface area (Å²) in [5, 5.41) is 12.0. The fourth-order valence-electron chi connectivity index (χ4n) is 6.64. The fraction of sp³-hybridized carbons (Fsp3) is 0.562. The van der Waals surface area contributed by atoms with Crippen LogP contribution < -0.4 is 15.0 Å². The number of nitrogens with zero attached hydrogens (tertiary/aromatic N) is 2. The molecule has 11 heteroatoms. The molecule has 4 heterocycles.